The Balaban J connectivity index is 1.52. The third-order valence-electron chi connectivity index (χ3n) is 6.12. The molecule has 2 aliphatic rings. The summed E-state index contributed by atoms with van der Waals surface area (Å²) in [5, 5.41) is 0. The van der Waals surface area contributed by atoms with E-state index in [1.54, 1.807) is 7.11 Å². The monoisotopic (exact) mass is 366 g/mol. The van der Waals surface area contributed by atoms with Gasteiger partial charge in [0, 0.05) is 41.3 Å². The number of hydrogen-bond acceptors (Lipinski definition) is 4. The minimum atomic E-state index is -0.0480. The minimum Gasteiger partial charge on any atom is -0.496 e. The van der Waals surface area contributed by atoms with Crippen molar-refractivity contribution >= 4 is 5.91 Å². The number of hydrogen-bond donors (Lipinski definition) is 0. The third kappa shape index (κ3) is 2.85. The predicted molar refractivity (Wildman–Crippen MR) is 103 cm³/mol. The number of aromatic nitrogens is 1. The summed E-state index contributed by atoms with van der Waals surface area (Å²) >= 11 is 0. The Bertz CT molecular complexity index is 895. The molecule has 1 saturated carbocycles. The molecule has 2 unspecified atom stereocenters. The molecule has 2 atom stereocenters. The second kappa shape index (κ2) is 6.55. The molecule has 2 aromatic rings. The van der Waals surface area contributed by atoms with Gasteiger partial charge in [-0.3, -0.25) is 9.78 Å². The zero-order valence-electron chi connectivity index (χ0n) is 16.4. The number of methoxy groups -OCH3 is 1. The first kappa shape index (κ1) is 17.8. The number of ether oxygens (including phenoxy) is 2. The third-order valence-corrected chi connectivity index (χ3v) is 6.12. The van der Waals surface area contributed by atoms with Crippen molar-refractivity contribution in [3.05, 3.63) is 52.8 Å². The van der Waals surface area contributed by atoms with E-state index in [9.17, 15) is 4.79 Å². The van der Waals surface area contributed by atoms with E-state index in [-0.39, 0.29) is 17.2 Å². The van der Waals surface area contributed by atoms with Crippen molar-refractivity contribution in [3.8, 4) is 11.5 Å². The van der Waals surface area contributed by atoms with Crippen LogP contribution in [0.5, 0.6) is 11.5 Å². The summed E-state index contributed by atoms with van der Waals surface area (Å²) in [4.78, 5) is 19.5. The SMILES string of the molecule is COc1c(C)cnc(CN(C)C(=O)C2CC23CCOc2ccccc23)c1C. The molecule has 27 heavy (non-hydrogen) atoms. The van der Waals surface area contributed by atoms with Crippen molar-refractivity contribution in [3.63, 3.8) is 0 Å². The highest BCUT2D eigenvalue weighted by atomic mass is 16.5. The first-order chi connectivity index (χ1) is 13.0. The molecule has 142 valence electrons. The van der Waals surface area contributed by atoms with Gasteiger partial charge in [0.2, 0.25) is 5.91 Å². The first-order valence-corrected chi connectivity index (χ1v) is 9.44. The van der Waals surface area contributed by atoms with Crippen molar-refractivity contribution in [2.75, 3.05) is 20.8 Å². The predicted octanol–water partition coefficient (Wildman–Crippen LogP) is 3.41. The lowest BCUT2D eigenvalue weighted by molar-refractivity contribution is -0.132. The molecule has 0 N–H and O–H groups in total. The number of pyridine rings is 1. The van der Waals surface area contributed by atoms with E-state index >= 15 is 0 Å². The average Bonchev–Trinajstić information content (AvgIpc) is 3.38. The summed E-state index contributed by atoms with van der Waals surface area (Å²) in [6, 6.07) is 8.14. The maximum absolute atomic E-state index is 13.2. The van der Waals surface area contributed by atoms with Crippen LogP contribution in [0.15, 0.2) is 30.5 Å². The number of rotatable bonds is 4. The lowest BCUT2D eigenvalue weighted by Gasteiger charge is -2.28. The van der Waals surface area contributed by atoms with E-state index in [0.717, 1.165) is 41.2 Å². The molecule has 0 radical (unpaired) electrons. The van der Waals surface area contributed by atoms with Crippen LogP contribution in [0, 0.1) is 19.8 Å². The van der Waals surface area contributed by atoms with Gasteiger partial charge in [-0.15, -0.1) is 0 Å². The summed E-state index contributed by atoms with van der Waals surface area (Å²) < 4.78 is 11.3. The molecule has 2 heterocycles. The highest BCUT2D eigenvalue weighted by Crippen LogP contribution is 2.61. The largest absolute Gasteiger partial charge is 0.496 e. The molecular weight excluding hydrogens is 340 g/mol. The molecule has 1 aliphatic heterocycles. The molecule has 1 spiro atoms. The molecule has 1 fully saturated rings. The molecule has 5 heteroatoms. The normalized spacial score (nSPS) is 22.7. The van der Waals surface area contributed by atoms with Crippen molar-refractivity contribution in [1.82, 2.24) is 9.88 Å². The van der Waals surface area contributed by atoms with E-state index in [1.807, 2.05) is 50.2 Å². The van der Waals surface area contributed by atoms with Gasteiger partial charge in [-0.1, -0.05) is 18.2 Å². The number of nitrogens with zero attached hydrogens (tertiary/aromatic N) is 2. The quantitative estimate of drug-likeness (QED) is 0.832. The molecule has 1 aliphatic carbocycles. The van der Waals surface area contributed by atoms with Crippen LogP contribution < -0.4 is 9.47 Å². The Morgan fingerprint density at radius 3 is 2.93 bits per heavy atom. The Labute approximate surface area is 160 Å². The van der Waals surface area contributed by atoms with Gasteiger partial charge < -0.3 is 14.4 Å². The minimum absolute atomic E-state index is 0.0280. The topological polar surface area (TPSA) is 51.7 Å². The smallest absolute Gasteiger partial charge is 0.226 e. The molecule has 5 nitrogen and oxygen atoms in total. The van der Waals surface area contributed by atoms with Gasteiger partial charge in [-0.05, 0) is 32.8 Å². The molecule has 4 rings (SSSR count). The van der Waals surface area contributed by atoms with Crippen molar-refractivity contribution in [2.45, 2.75) is 38.6 Å². The van der Waals surface area contributed by atoms with Crippen LogP contribution in [0.4, 0.5) is 0 Å². The van der Waals surface area contributed by atoms with Crippen LogP contribution in [-0.4, -0.2) is 36.6 Å². The molecular formula is C22H26N2O3. The van der Waals surface area contributed by atoms with Crippen molar-refractivity contribution < 1.29 is 14.3 Å². The Morgan fingerprint density at radius 2 is 2.15 bits per heavy atom. The van der Waals surface area contributed by atoms with Crippen LogP contribution in [0.2, 0.25) is 0 Å². The van der Waals surface area contributed by atoms with Gasteiger partial charge in [0.25, 0.3) is 0 Å². The fourth-order valence-electron chi connectivity index (χ4n) is 4.48. The van der Waals surface area contributed by atoms with Gasteiger partial charge in [0.1, 0.15) is 11.5 Å². The van der Waals surface area contributed by atoms with Gasteiger partial charge >= 0.3 is 0 Å². The van der Waals surface area contributed by atoms with Gasteiger partial charge in [-0.25, -0.2) is 0 Å². The van der Waals surface area contributed by atoms with E-state index in [0.29, 0.717) is 13.2 Å². The van der Waals surface area contributed by atoms with E-state index in [4.69, 9.17) is 9.47 Å². The molecule has 1 aromatic carbocycles. The number of amides is 1. The standard InChI is InChI=1S/C22H26N2O3/c1-14-12-23-18(15(2)20(14)26-4)13-24(3)21(25)17-11-22(17)9-10-27-19-8-6-5-7-16(19)22/h5-8,12,17H,9-11,13H2,1-4H3. The zero-order chi connectivity index (χ0) is 19.2. The van der Waals surface area contributed by atoms with Crippen molar-refractivity contribution in [1.29, 1.82) is 0 Å². The highest BCUT2D eigenvalue weighted by Gasteiger charge is 2.61. The zero-order valence-corrected chi connectivity index (χ0v) is 16.4. The van der Waals surface area contributed by atoms with Gasteiger partial charge in [0.15, 0.2) is 0 Å². The number of para-hydroxylation sites is 1. The first-order valence-electron chi connectivity index (χ1n) is 9.44. The number of aryl methyl sites for hydroxylation is 1. The maximum atomic E-state index is 13.2. The summed E-state index contributed by atoms with van der Waals surface area (Å²) in [6.07, 6.45) is 3.62. The van der Waals surface area contributed by atoms with Crippen LogP contribution in [0.25, 0.3) is 0 Å². The number of carbonyl (C=O) groups is 1. The average molecular weight is 366 g/mol. The Kier molecular flexibility index (Phi) is 4.33. The maximum Gasteiger partial charge on any atom is 0.226 e. The molecule has 0 saturated heterocycles. The summed E-state index contributed by atoms with van der Waals surface area (Å²) in [6.45, 7) is 5.15. The van der Waals surface area contributed by atoms with Gasteiger partial charge in [-0.2, -0.15) is 0 Å². The van der Waals surface area contributed by atoms with Crippen molar-refractivity contribution in [2.24, 2.45) is 5.92 Å². The summed E-state index contributed by atoms with van der Waals surface area (Å²) in [5.41, 5.74) is 4.03. The van der Waals surface area contributed by atoms with Gasteiger partial charge in [0.05, 0.1) is 26.0 Å². The highest BCUT2D eigenvalue weighted by molar-refractivity contribution is 5.84. The molecule has 0 bridgehead atoms. The number of carbonyl (C=O) groups excluding carboxylic acids is 1. The fourth-order valence-corrected chi connectivity index (χ4v) is 4.48. The Morgan fingerprint density at radius 1 is 1.37 bits per heavy atom. The molecule has 1 aromatic heterocycles. The summed E-state index contributed by atoms with van der Waals surface area (Å²) in [5.74, 6) is 2.00. The molecule has 1 amide bonds. The Hall–Kier alpha value is -2.56. The van der Waals surface area contributed by atoms with Crippen LogP contribution in [-0.2, 0) is 16.8 Å². The number of fused-ring (bicyclic) bond motifs is 2. The summed E-state index contributed by atoms with van der Waals surface area (Å²) in [7, 11) is 3.54. The van der Waals surface area contributed by atoms with E-state index in [1.165, 1.54) is 5.56 Å². The second-order valence-electron chi connectivity index (χ2n) is 7.75. The van der Waals surface area contributed by atoms with Crippen LogP contribution in [0.3, 0.4) is 0 Å². The van der Waals surface area contributed by atoms with Crippen LogP contribution in [0.1, 0.15) is 35.2 Å². The van der Waals surface area contributed by atoms with E-state index < -0.39 is 0 Å². The second-order valence-corrected chi connectivity index (χ2v) is 7.75. The lowest BCUT2D eigenvalue weighted by atomic mass is 9.87. The van der Waals surface area contributed by atoms with E-state index in [2.05, 4.69) is 11.1 Å². The fraction of sp³-hybridized carbons (Fsp3) is 0.455. The number of benzene rings is 1. The van der Waals surface area contributed by atoms with Crippen LogP contribution >= 0.6 is 0 Å². The lowest BCUT2D eigenvalue weighted by Crippen LogP contribution is -2.32.